The Hall–Kier alpha value is -1.94. The van der Waals surface area contributed by atoms with Crippen LogP contribution in [0.5, 0.6) is 5.75 Å². The molecule has 0 fully saturated rings. The summed E-state index contributed by atoms with van der Waals surface area (Å²) in [5, 5.41) is 0.653. The zero-order valence-electron chi connectivity index (χ0n) is 9.57. The van der Waals surface area contributed by atoms with Gasteiger partial charge in [-0.25, -0.2) is 4.39 Å². The molecule has 0 N–H and O–H groups in total. The van der Waals surface area contributed by atoms with Crippen molar-refractivity contribution in [3.05, 3.63) is 52.4 Å². The van der Waals surface area contributed by atoms with Crippen LogP contribution in [-0.2, 0) is 0 Å². The third-order valence-electron chi connectivity index (χ3n) is 2.86. The second kappa shape index (κ2) is 4.07. The quantitative estimate of drug-likeness (QED) is 0.625. The summed E-state index contributed by atoms with van der Waals surface area (Å²) in [7, 11) is 1.51. The third kappa shape index (κ3) is 1.49. The number of halogens is 1. The fourth-order valence-electron chi connectivity index (χ4n) is 2.00. The molecule has 90 valence electrons. The van der Waals surface area contributed by atoms with Gasteiger partial charge in [-0.15, -0.1) is 11.3 Å². The van der Waals surface area contributed by atoms with E-state index in [2.05, 4.69) is 0 Å². The third-order valence-corrected chi connectivity index (χ3v) is 4.05. The first kappa shape index (κ1) is 11.2. The van der Waals surface area contributed by atoms with Crippen LogP contribution in [0.2, 0.25) is 0 Å². The molecule has 2 aromatic carbocycles. The van der Waals surface area contributed by atoms with Crippen molar-refractivity contribution in [2.75, 3.05) is 7.11 Å². The Morgan fingerprint density at radius 2 is 1.94 bits per heavy atom. The zero-order chi connectivity index (χ0) is 12.7. The summed E-state index contributed by atoms with van der Waals surface area (Å²) in [5.74, 6) is 0.0251. The van der Waals surface area contributed by atoms with E-state index in [-0.39, 0.29) is 10.8 Å². The van der Waals surface area contributed by atoms with E-state index in [4.69, 9.17) is 4.74 Å². The van der Waals surface area contributed by atoms with Crippen molar-refractivity contribution in [1.29, 1.82) is 0 Å². The average molecular weight is 260 g/mol. The van der Waals surface area contributed by atoms with Crippen LogP contribution >= 0.6 is 11.3 Å². The van der Waals surface area contributed by atoms with Crippen molar-refractivity contribution in [2.45, 2.75) is 0 Å². The maximum absolute atomic E-state index is 13.8. The highest BCUT2D eigenvalue weighted by Gasteiger charge is 2.13. The molecular formula is C14H9FO2S. The molecule has 3 aromatic rings. The SMILES string of the molecule is COc1ccc(F)c2c(=O)c3ccccc3sc12. The Labute approximate surface area is 106 Å². The van der Waals surface area contributed by atoms with Gasteiger partial charge in [0, 0.05) is 10.1 Å². The van der Waals surface area contributed by atoms with Crippen molar-refractivity contribution in [3.8, 4) is 5.75 Å². The van der Waals surface area contributed by atoms with Crippen LogP contribution in [0.15, 0.2) is 41.2 Å². The van der Waals surface area contributed by atoms with Crippen molar-refractivity contribution >= 4 is 31.5 Å². The number of rotatable bonds is 1. The molecule has 0 spiro atoms. The fourth-order valence-corrected chi connectivity index (χ4v) is 3.18. The maximum Gasteiger partial charge on any atom is 0.198 e. The topological polar surface area (TPSA) is 26.3 Å². The molecule has 0 unspecified atom stereocenters. The summed E-state index contributed by atoms with van der Waals surface area (Å²) >= 11 is 1.37. The van der Waals surface area contributed by atoms with Gasteiger partial charge in [-0.2, -0.15) is 0 Å². The first-order chi connectivity index (χ1) is 8.72. The molecule has 0 bridgehead atoms. The molecule has 3 rings (SSSR count). The lowest BCUT2D eigenvalue weighted by Gasteiger charge is -2.06. The number of hydrogen-bond acceptors (Lipinski definition) is 3. The van der Waals surface area contributed by atoms with E-state index in [1.54, 1.807) is 18.2 Å². The first-order valence-electron chi connectivity index (χ1n) is 5.40. The Morgan fingerprint density at radius 3 is 2.72 bits per heavy atom. The van der Waals surface area contributed by atoms with Gasteiger partial charge < -0.3 is 4.74 Å². The van der Waals surface area contributed by atoms with Gasteiger partial charge in [-0.1, -0.05) is 12.1 Å². The summed E-state index contributed by atoms with van der Waals surface area (Å²) in [6.45, 7) is 0. The van der Waals surface area contributed by atoms with E-state index < -0.39 is 5.82 Å². The summed E-state index contributed by atoms with van der Waals surface area (Å²) in [6.07, 6.45) is 0. The van der Waals surface area contributed by atoms with Gasteiger partial charge in [-0.05, 0) is 24.3 Å². The highest BCUT2D eigenvalue weighted by Crippen LogP contribution is 2.32. The van der Waals surface area contributed by atoms with Gasteiger partial charge in [0.1, 0.15) is 11.6 Å². The molecule has 1 heterocycles. The van der Waals surface area contributed by atoms with E-state index >= 15 is 0 Å². The van der Waals surface area contributed by atoms with Crippen molar-refractivity contribution in [1.82, 2.24) is 0 Å². The summed E-state index contributed by atoms with van der Waals surface area (Å²) in [4.78, 5) is 12.3. The van der Waals surface area contributed by atoms with Crippen molar-refractivity contribution in [3.63, 3.8) is 0 Å². The number of ether oxygens (including phenoxy) is 1. The molecule has 0 radical (unpaired) electrons. The lowest BCUT2D eigenvalue weighted by Crippen LogP contribution is -2.03. The van der Waals surface area contributed by atoms with Crippen LogP contribution < -0.4 is 10.2 Å². The van der Waals surface area contributed by atoms with Crippen LogP contribution in [0.3, 0.4) is 0 Å². The highest BCUT2D eigenvalue weighted by atomic mass is 32.1. The fraction of sp³-hybridized carbons (Fsp3) is 0.0714. The van der Waals surface area contributed by atoms with Crippen LogP contribution in [0.25, 0.3) is 20.2 Å². The minimum absolute atomic E-state index is 0.109. The Morgan fingerprint density at radius 1 is 1.17 bits per heavy atom. The molecule has 0 aliphatic carbocycles. The van der Waals surface area contributed by atoms with E-state index in [9.17, 15) is 9.18 Å². The van der Waals surface area contributed by atoms with Crippen LogP contribution in [0.1, 0.15) is 0 Å². The van der Waals surface area contributed by atoms with E-state index in [0.717, 1.165) is 4.70 Å². The Bertz CT molecular complexity index is 808. The monoisotopic (exact) mass is 260 g/mol. The molecule has 2 nitrogen and oxygen atoms in total. The number of methoxy groups -OCH3 is 1. The van der Waals surface area contributed by atoms with E-state index in [0.29, 0.717) is 15.8 Å². The molecule has 0 aliphatic heterocycles. The summed E-state index contributed by atoms with van der Waals surface area (Å²) in [6, 6.07) is 10.0. The minimum Gasteiger partial charge on any atom is -0.495 e. The number of hydrogen-bond donors (Lipinski definition) is 0. The Balaban J connectivity index is 2.63. The van der Waals surface area contributed by atoms with Gasteiger partial charge in [0.15, 0.2) is 5.43 Å². The standard InChI is InChI=1S/C14H9FO2S/c1-17-10-7-6-9(15)12-13(16)8-4-2-3-5-11(8)18-14(10)12/h2-7H,1H3. The molecule has 0 saturated carbocycles. The van der Waals surface area contributed by atoms with Gasteiger partial charge >= 0.3 is 0 Å². The second-order valence-electron chi connectivity index (χ2n) is 3.88. The number of benzene rings is 2. The first-order valence-corrected chi connectivity index (χ1v) is 6.22. The normalized spacial score (nSPS) is 11.0. The molecule has 18 heavy (non-hydrogen) atoms. The smallest absolute Gasteiger partial charge is 0.198 e. The van der Waals surface area contributed by atoms with Crippen LogP contribution in [0, 0.1) is 5.82 Å². The van der Waals surface area contributed by atoms with Gasteiger partial charge in [0.25, 0.3) is 0 Å². The molecule has 0 amide bonds. The van der Waals surface area contributed by atoms with E-state index in [1.165, 1.54) is 24.5 Å². The lowest BCUT2D eigenvalue weighted by molar-refractivity contribution is 0.420. The number of fused-ring (bicyclic) bond motifs is 2. The molecule has 0 atom stereocenters. The molecule has 1 aromatic heterocycles. The predicted octanol–water partition coefficient (Wildman–Crippen LogP) is 3.56. The largest absolute Gasteiger partial charge is 0.495 e. The predicted molar refractivity (Wildman–Crippen MR) is 72.1 cm³/mol. The van der Waals surface area contributed by atoms with Gasteiger partial charge in [0.2, 0.25) is 0 Å². The van der Waals surface area contributed by atoms with Gasteiger partial charge in [-0.3, -0.25) is 4.79 Å². The Kier molecular flexibility index (Phi) is 2.52. The van der Waals surface area contributed by atoms with Crippen LogP contribution in [0.4, 0.5) is 4.39 Å². The maximum atomic E-state index is 13.8. The molecule has 4 heteroatoms. The minimum atomic E-state index is -0.502. The molecular weight excluding hydrogens is 251 g/mol. The van der Waals surface area contributed by atoms with Gasteiger partial charge in [0.05, 0.1) is 17.2 Å². The average Bonchev–Trinajstić information content (AvgIpc) is 2.39. The second-order valence-corrected chi connectivity index (χ2v) is 4.93. The summed E-state index contributed by atoms with van der Waals surface area (Å²) < 4.78 is 20.4. The van der Waals surface area contributed by atoms with Crippen LogP contribution in [-0.4, -0.2) is 7.11 Å². The summed E-state index contributed by atoms with van der Waals surface area (Å²) in [5.41, 5.74) is -0.282. The van der Waals surface area contributed by atoms with E-state index in [1.807, 2.05) is 12.1 Å². The molecule has 0 saturated heterocycles. The van der Waals surface area contributed by atoms with Crippen molar-refractivity contribution in [2.24, 2.45) is 0 Å². The lowest BCUT2D eigenvalue weighted by atomic mass is 10.1. The van der Waals surface area contributed by atoms with Crippen molar-refractivity contribution < 1.29 is 9.13 Å². The highest BCUT2D eigenvalue weighted by molar-refractivity contribution is 7.24. The zero-order valence-corrected chi connectivity index (χ0v) is 10.4. The molecule has 0 aliphatic rings.